The number of hydrogen-bond acceptors (Lipinski definition) is 4. The zero-order valence-electron chi connectivity index (χ0n) is 13.4. The third kappa shape index (κ3) is 3.38. The predicted octanol–water partition coefficient (Wildman–Crippen LogP) is 2.43. The van der Waals surface area contributed by atoms with Crippen LogP contribution in [0, 0.1) is 0 Å². The van der Waals surface area contributed by atoms with Crippen LogP contribution in [0.3, 0.4) is 0 Å². The fourth-order valence-corrected chi connectivity index (χ4v) is 3.61. The third-order valence-corrected chi connectivity index (χ3v) is 4.80. The van der Waals surface area contributed by atoms with Crippen LogP contribution in [0.15, 0.2) is 18.3 Å². The quantitative estimate of drug-likeness (QED) is 0.925. The number of piperidine rings is 1. The van der Waals surface area contributed by atoms with Gasteiger partial charge < -0.3 is 10.2 Å². The van der Waals surface area contributed by atoms with Gasteiger partial charge in [0.05, 0.1) is 0 Å². The number of rotatable bonds is 3. The Morgan fingerprint density at radius 1 is 1.14 bits per heavy atom. The summed E-state index contributed by atoms with van der Waals surface area (Å²) in [5, 5.41) is 3.39. The molecule has 2 aliphatic heterocycles. The molecule has 4 heteroatoms. The van der Waals surface area contributed by atoms with Crippen LogP contribution in [-0.4, -0.2) is 48.6 Å². The summed E-state index contributed by atoms with van der Waals surface area (Å²) in [6, 6.07) is 5.69. The van der Waals surface area contributed by atoms with Crippen molar-refractivity contribution in [3.05, 3.63) is 23.9 Å². The molecule has 0 aliphatic carbocycles. The molecular formula is C17H28N4. The zero-order valence-corrected chi connectivity index (χ0v) is 13.4. The van der Waals surface area contributed by atoms with Crippen molar-refractivity contribution >= 4 is 5.82 Å². The van der Waals surface area contributed by atoms with Crippen molar-refractivity contribution in [2.24, 2.45) is 0 Å². The number of aromatic nitrogens is 1. The van der Waals surface area contributed by atoms with E-state index in [-0.39, 0.29) is 0 Å². The molecule has 1 aromatic rings. The van der Waals surface area contributed by atoms with Gasteiger partial charge in [0.15, 0.2) is 0 Å². The van der Waals surface area contributed by atoms with E-state index in [2.05, 4.69) is 47.3 Å². The lowest BCUT2D eigenvalue weighted by Crippen LogP contribution is -2.44. The molecule has 2 fully saturated rings. The predicted molar refractivity (Wildman–Crippen MR) is 87.8 cm³/mol. The Bertz CT molecular complexity index is 437. The van der Waals surface area contributed by atoms with Crippen LogP contribution < -0.4 is 10.2 Å². The maximum absolute atomic E-state index is 4.74. The SMILES string of the molecule is CC(C)N1CCCCC1c1ccc(N2CCNCC2)nc1. The molecule has 1 N–H and O–H groups in total. The Morgan fingerprint density at radius 2 is 1.95 bits per heavy atom. The first-order valence-corrected chi connectivity index (χ1v) is 8.43. The van der Waals surface area contributed by atoms with E-state index in [1.165, 1.54) is 31.4 Å². The molecule has 0 radical (unpaired) electrons. The molecule has 3 heterocycles. The van der Waals surface area contributed by atoms with Gasteiger partial charge in [0.1, 0.15) is 5.82 Å². The van der Waals surface area contributed by atoms with Crippen molar-refractivity contribution in [2.75, 3.05) is 37.6 Å². The molecule has 0 bridgehead atoms. The Labute approximate surface area is 128 Å². The van der Waals surface area contributed by atoms with Crippen molar-refractivity contribution in [1.29, 1.82) is 0 Å². The van der Waals surface area contributed by atoms with Crippen LogP contribution >= 0.6 is 0 Å². The van der Waals surface area contributed by atoms with Gasteiger partial charge in [-0.1, -0.05) is 12.5 Å². The Hall–Kier alpha value is -1.13. The summed E-state index contributed by atoms with van der Waals surface area (Å²) in [6.07, 6.45) is 6.06. The van der Waals surface area contributed by atoms with Crippen LogP contribution in [-0.2, 0) is 0 Å². The van der Waals surface area contributed by atoms with Gasteiger partial charge in [-0.3, -0.25) is 4.90 Å². The number of hydrogen-bond donors (Lipinski definition) is 1. The number of piperazine rings is 1. The van der Waals surface area contributed by atoms with Gasteiger partial charge in [-0.15, -0.1) is 0 Å². The first-order chi connectivity index (χ1) is 10.3. The normalized spacial score (nSPS) is 24.5. The largest absolute Gasteiger partial charge is 0.354 e. The van der Waals surface area contributed by atoms with Crippen molar-refractivity contribution in [3.8, 4) is 0 Å². The maximum atomic E-state index is 4.74. The number of nitrogens with one attached hydrogen (secondary N) is 1. The molecule has 2 saturated heterocycles. The second-order valence-electron chi connectivity index (χ2n) is 6.53. The first kappa shape index (κ1) is 14.8. The number of pyridine rings is 1. The summed E-state index contributed by atoms with van der Waals surface area (Å²) in [6.45, 7) is 10.1. The second-order valence-corrected chi connectivity index (χ2v) is 6.53. The van der Waals surface area contributed by atoms with E-state index in [9.17, 15) is 0 Å². The van der Waals surface area contributed by atoms with E-state index in [0.29, 0.717) is 12.1 Å². The van der Waals surface area contributed by atoms with Crippen LogP contribution in [0.4, 0.5) is 5.82 Å². The molecule has 1 aromatic heterocycles. The van der Waals surface area contributed by atoms with Crippen LogP contribution in [0.5, 0.6) is 0 Å². The van der Waals surface area contributed by atoms with Gasteiger partial charge >= 0.3 is 0 Å². The number of nitrogens with zero attached hydrogens (tertiary/aromatic N) is 3. The van der Waals surface area contributed by atoms with Gasteiger partial charge in [0, 0.05) is 44.5 Å². The monoisotopic (exact) mass is 288 g/mol. The van der Waals surface area contributed by atoms with Gasteiger partial charge in [0.25, 0.3) is 0 Å². The fraction of sp³-hybridized carbons (Fsp3) is 0.706. The lowest BCUT2D eigenvalue weighted by Gasteiger charge is -2.39. The van der Waals surface area contributed by atoms with Gasteiger partial charge in [0.2, 0.25) is 0 Å². The average Bonchev–Trinajstić information content (AvgIpc) is 2.56. The topological polar surface area (TPSA) is 31.4 Å². The molecule has 0 spiro atoms. The summed E-state index contributed by atoms with van der Waals surface area (Å²) < 4.78 is 0. The Kier molecular flexibility index (Phi) is 4.76. The standard InChI is InChI=1S/C17H28N4/c1-14(2)21-10-4-3-5-16(21)15-6-7-17(19-13-15)20-11-8-18-9-12-20/h6-7,13-14,16,18H,3-5,8-12H2,1-2H3. The minimum atomic E-state index is 0.559. The molecule has 116 valence electrons. The third-order valence-electron chi connectivity index (χ3n) is 4.80. The van der Waals surface area contributed by atoms with Gasteiger partial charge in [-0.05, 0) is 44.9 Å². The highest BCUT2D eigenvalue weighted by atomic mass is 15.2. The Balaban J connectivity index is 1.73. The molecule has 3 rings (SSSR count). The van der Waals surface area contributed by atoms with E-state index in [0.717, 1.165) is 32.0 Å². The van der Waals surface area contributed by atoms with Crippen LogP contribution in [0.1, 0.15) is 44.7 Å². The van der Waals surface area contributed by atoms with Gasteiger partial charge in [-0.25, -0.2) is 4.98 Å². The van der Waals surface area contributed by atoms with Crippen molar-refractivity contribution < 1.29 is 0 Å². The fourth-order valence-electron chi connectivity index (χ4n) is 3.61. The summed E-state index contributed by atoms with van der Waals surface area (Å²) >= 11 is 0. The summed E-state index contributed by atoms with van der Waals surface area (Å²) in [5.41, 5.74) is 1.39. The van der Waals surface area contributed by atoms with E-state index >= 15 is 0 Å². The molecule has 2 aliphatic rings. The lowest BCUT2D eigenvalue weighted by atomic mass is 9.95. The smallest absolute Gasteiger partial charge is 0.128 e. The number of likely N-dealkylation sites (tertiary alicyclic amines) is 1. The van der Waals surface area contributed by atoms with Crippen molar-refractivity contribution in [1.82, 2.24) is 15.2 Å². The van der Waals surface area contributed by atoms with E-state index in [4.69, 9.17) is 4.98 Å². The second kappa shape index (κ2) is 6.75. The molecule has 0 amide bonds. The zero-order chi connectivity index (χ0) is 14.7. The first-order valence-electron chi connectivity index (χ1n) is 8.43. The molecule has 21 heavy (non-hydrogen) atoms. The molecule has 0 saturated carbocycles. The molecule has 1 atom stereocenters. The average molecular weight is 288 g/mol. The minimum Gasteiger partial charge on any atom is -0.354 e. The van der Waals surface area contributed by atoms with E-state index < -0.39 is 0 Å². The lowest BCUT2D eigenvalue weighted by molar-refractivity contribution is 0.112. The highest BCUT2D eigenvalue weighted by Crippen LogP contribution is 2.32. The molecule has 1 unspecified atom stereocenters. The van der Waals surface area contributed by atoms with Crippen LogP contribution in [0.2, 0.25) is 0 Å². The van der Waals surface area contributed by atoms with E-state index in [1.54, 1.807) is 0 Å². The van der Waals surface area contributed by atoms with Gasteiger partial charge in [-0.2, -0.15) is 0 Å². The Morgan fingerprint density at radius 3 is 2.62 bits per heavy atom. The van der Waals surface area contributed by atoms with Crippen molar-refractivity contribution in [3.63, 3.8) is 0 Å². The highest BCUT2D eigenvalue weighted by Gasteiger charge is 2.26. The summed E-state index contributed by atoms with van der Waals surface area (Å²) in [7, 11) is 0. The summed E-state index contributed by atoms with van der Waals surface area (Å²) in [4.78, 5) is 9.75. The van der Waals surface area contributed by atoms with Crippen molar-refractivity contribution in [2.45, 2.75) is 45.2 Å². The highest BCUT2D eigenvalue weighted by molar-refractivity contribution is 5.40. The van der Waals surface area contributed by atoms with Crippen LogP contribution in [0.25, 0.3) is 0 Å². The maximum Gasteiger partial charge on any atom is 0.128 e. The summed E-state index contributed by atoms with van der Waals surface area (Å²) in [5.74, 6) is 1.13. The van der Waals surface area contributed by atoms with E-state index in [1.807, 2.05) is 0 Å². The minimum absolute atomic E-state index is 0.559. The molecule has 4 nitrogen and oxygen atoms in total. The molecule has 0 aromatic carbocycles. The number of anilines is 1. The molecular weight excluding hydrogens is 260 g/mol.